The zero-order valence-corrected chi connectivity index (χ0v) is 21.9. The highest BCUT2D eigenvalue weighted by atomic mass is 35.5. The monoisotopic (exact) mass is 548 g/mol. The highest BCUT2D eigenvalue weighted by Gasteiger charge is 2.41. The minimum absolute atomic E-state index is 0.0854. The maximum Gasteiger partial charge on any atom is 0.328 e. The lowest BCUT2D eigenvalue weighted by atomic mass is 10.0. The molecule has 0 radical (unpaired) electrons. The molecule has 0 unspecified atom stereocenters. The number of halogens is 2. The number of nitrogens with one attached hydrogen (secondary N) is 1. The predicted octanol–water partition coefficient (Wildman–Crippen LogP) is 4.59. The van der Waals surface area contributed by atoms with Crippen molar-refractivity contribution in [3.05, 3.63) is 76.3 Å². The lowest BCUT2D eigenvalue weighted by Crippen LogP contribution is -2.51. The Morgan fingerprint density at radius 3 is 2.44 bits per heavy atom. The normalized spacial score (nSPS) is 17.1. The summed E-state index contributed by atoms with van der Waals surface area (Å²) in [5, 5.41) is 5.18. The van der Waals surface area contributed by atoms with Crippen LogP contribution in [0.4, 0.5) is 0 Å². The number of hydrogen-bond acceptors (Lipinski definition) is 5. The summed E-state index contributed by atoms with van der Waals surface area (Å²) < 4.78 is 33.0. The lowest BCUT2D eigenvalue weighted by Gasteiger charge is -2.26. The summed E-state index contributed by atoms with van der Waals surface area (Å²) >= 11 is 12.0. The number of amides is 1. The number of carbonyl (C=O) groups excluding carboxylic acids is 2. The van der Waals surface area contributed by atoms with Gasteiger partial charge in [0, 0.05) is 23.0 Å². The number of carbonyl (C=O) groups is 2. The van der Waals surface area contributed by atoms with Crippen LogP contribution < -0.4 is 5.32 Å². The fraction of sp³-hybridized carbons (Fsp3) is 0.308. The van der Waals surface area contributed by atoms with Gasteiger partial charge in [-0.3, -0.25) is 4.79 Å². The second-order valence-corrected chi connectivity index (χ2v) is 11.3. The van der Waals surface area contributed by atoms with Crippen molar-refractivity contribution in [1.82, 2.24) is 9.62 Å². The van der Waals surface area contributed by atoms with Crippen molar-refractivity contribution in [1.29, 1.82) is 0 Å². The molecular weight excluding hydrogens is 523 g/mol. The van der Waals surface area contributed by atoms with Crippen LogP contribution in [0.5, 0.6) is 0 Å². The van der Waals surface area contributed by atoms with Crippen LogP contribution in [0.2, 0.25) is 10.0 Å². The van der Waals surface area contributed by atoms with Crippen molar-refractivity contribution in [3.8, 4) is 0 Å². The SMILES string of the molecule is CCOC(=O)[C@H](Cc1ccc2ccccc2c1)NC(=O)[C@@H]1CCCN1S(=O)(=O)c1cc(Cl)cc(Cl)c1. The summed E-state index contributed by atoms with van der Waals surface area (Å²) in [5.74, 6) is -1.13. The summed E-state index contributed by atoms with van der Waals surface area (Å²) in [7, 11) is -4.04. The topological polar surface area (TPSA) is 92.8 Å². The first kappa shape index (κ1) is 26.4. The summed E-state index contributed by atoms with van der Waals surface area (Å²) in [6, 6.07) is 15.8. The fourth-order valence-corrected chi connectivity index (χ4v) is 6.79. The molecule has 2 atom stereocenters. The Labute approximate surface area is 220 Å². The number of fused-ring (bicyclic) bond motifs is 1. The fourth-order valence-electron chi connectivity index (χ4n) is 4.41. The maximum absolute atomic E-state index is 13.3. The molecule has 1 fully saturated rings. The smallest absolute Gasteiger partial charge is 0.328 e. The van der Waals surface area contributed by atoms with Crippen molar-refractivity contribution in [2.45, 2.75) is 43.2 Å². The zero-order valence-electron chi connectivity index (χ0n) is 19.6. The van der Waals surface area contributed by atoms with Gasteiger partial charge in [0.25, 0.3) is 0 Å². The maximum atomic E-state index is 13.3. The van der Waals surface area contributed by atoms with Crippen LogP contribution in [0.1, 0.15) is 25.3 Å². The molecule has 3 aromatic rings. The molecular formula is C26H26Cl2N2O5S. The van der Waals surface area contributed by atoms with Crippen molar-refractivity contribution < 1.29 is 22.7 Å². The van der Waals surface area contributed by atoms with Crippen LogP contribution in [0, 0.1) is 0 Å². The molecule has 1 aliphatic rings. The molecule has 1 heterocycles. The molecule has 190 valence electrons. The molecule has 1 N–H and O–H groups in total. The van der Waals surface area contributed by atoms with Crippen LogP contribution in [0.25, 0.3) is 10.8 Å². The Balaban J connectivity index is 1.56. The molecule has 4 rings (SSSR count). The van der Waals surface area contributed by atoms with E-state index < -0.39 is 34.0 Å². The first-order valence-electron chi connectivity index (χ1n) is 11.6. The quantitative estimate of drug-likeness (QED) is 0.415. The molecule has 0 aromatic heterocycles. The first-order chi connectivity index (χ1) is 17.2. The molecule has 1 aliphatic heterocycles. The van der Waals surface area contributed by atoms with E-state index in [1.54, 1.807) is 6.92 Å². The van der Waals surface area contributed by atoms with E-state index in [0.29, 0.717) is 12.8 Å². The van der Waals surface area contributed by atoms with Gasteiger partial charge in [-0.15, -0.1) is 0 Å². The van der Waals surface area contributed by atoms with Crippen LogP contribution in [0.15, 0.2) is 65.6 Å². The van der Waals surface area contributed by atoms with Crippen LogP contribution in [-0.4, -0.2) is 49.8 Å². The average Bonchev–Trinajstić information content (AvgIpc) is 3.34. The van der Waals surface area contributed by atoms with E-state index in [1.165, 1.54) is 18.2 Å². The number of benzene rings is 3. The molecule has 1 amide bonds. The molecule has 3 aromatic carbocycles. The molecule has 1 saturated heterocycles. The number of nitrogens with zero attached hydrogens (tertiary/aromatic N) is 1. The van der Waals surface area contributed by atoms with Gasteiger partial charge in [-0.2, -0.15) is 4.31 Å². The third kappa shape index (κ3) is 5.83. The third-order valence-electron chi connectivity index (χ3n) is 6.09. The second kappa shape index (κ2) is 11.2. The minimum Gasteiger partial charge on any atom is -0.464 e. The largest absolute Gasteiger partial charge is 0.464 e. The van der Waals surface area contributed by atoms with Gasteiger partial charge in [0.2, 0.25) is 15.9 Å². The van der Waals surface area contributed by atoms with E-state index in [-0.39, 0.29) is 34.5 Å². The van der Waals surface area contributed by atoms with Crippen molar-refractivity contribution in [3.63, 3.8) is 0 Å². The lowest BCUT2D eigenvalue weighted by molar-refractivity contribution is -0.147. The van der Waals surface area contributed by atoms with E-state index >= 15 is 0 Å². The van der Waals surface area contributed by atoms with Gasteiger partial charge in [0.05, 0.1) is 11.5 Å². The van der Waals surface area contributed by atoms with E-state index in [2.05, 4.69) is 5.32 Å². The molecule has 10 heteroatoms. The summed E-state index contributed by atoms with van der Waals surface area (Å²) in [6.45, 7) is 2.01. The van der Waals surface area contributed by atoms with E-state index in [9.17, 15) is 18.0 Å². The Hall–Kier alpha value is -2.65. The van der Waals surface area contributed by atoms with Gasteiger partial charge in [0.15, 0.2) is 0 Å². The van der Waals surface area contributed by atoms with Gasteiger partial charge >= 0.3 is 5.97 Å². The minimum atomic E-state index is -4.04. The van der Waals surface area contributed by atoms with E-state index in [4.69, 9.17) is 27.9 Å². The Morgan fingerprint density at radius 1 is 1.06 bits per heavy atom. The van der Waals surface area contributed by atoms with Gasteiger partial charge in [-0.05, 0) is 54.3 Å². The predicted molar refractivity (Wildman–Crippen MR) is 140 cm³/mol. The average molecular weight is 549 g/mol. The zero-order chi connectivity index (χ0) is 25.9. The van der Waals surface area contributed by atoms with Crippen LogP contribution in [0.3, 0.4) is 0 Å². The Bertz CT molecular complexity index is 1380. The van der Waals surface area contributed by atoms with E-state index in [0.717, 1.165) is 20.6 Å². The van der Waals surface area contributed by atoms with Crippen LogP contribution >= 0.6 is 23.2 Å². The molecule has 0 saturated carbocycles. The molecule has 7 nitrogen and oxygen atoms in total. The van der Waals surface area contributed by atoms with Gasteiger partial charge < -0.3 is 10.1 Å². The highest BCUT2D eigenvalue weighted by Crippen LogP contribution is 2.30. The number of sulfonamides is 1. The Morgan fingerprint density at radius 2 is 1.75 bits per heavy atom. The van der Waals surface area contributed by atoms with Crippen LogP contribution in [-0.2, 0) is 30.8 Å². The second-order valence-electron chi connectivity index (χ2n) is 8.58. The summed E-state index contributed by atoms with van der Waals surface area (Å²) in [5.41, 5.74) is 0.844. The Kier molecular flexibility index (Phi) is 8.20. The summed E-state index contributed by atoms with van der Waals surface area (Å²) in [4.78, 5) is 26.0. The molecule has 0 bridgehead atoms. The number of esters is 1. The van der Waals surface area contributed by atoms with Crippen molar-refractivity contribution in [2.75, 3.05) is 13.2 Å². The first-order valence-corrected chi connectivity index (χ1v) is 13.8. The number of hydrogen-bond donors (Lipinski definition) is 1. The van der Waals surface area contributed by atoms with Crippen molar-refractivity contribution >= 4 is 55.9 Å². The number of rotatable bonds is 8. The van der Waals surface area contributed by atoms with E-state index in [1.807, 2.05) is 42.5 Å². The summed E-state index contributed by atoms with van der Waals surface area (Å²) in [6.07, 6.45) is 1.03. The van der Waals surface area contributed by atoms with Gasteiger partial charge in [-0.25, -0.2) is 13.2 Å². The molecule has 0 spiro atoms. The third-order valence-corrected chi connectivity index (χ3v) is 8.41. The molecule has 36 heavy (non-hydrogen) atoms. The van der Waals surface area contributed by atoms with Gasteiger partial charge in [-0.1, -0.05) is 65.7 Å². The number of ether oxygens (including phenoxy) is 1. The standard InChI is InChI=1S/C26H26Cl2N2O5S/c1-2-35-26(32)23(13-17-9-10-18-6-3-4-7-19(18)12-17)29-25(31)24-8-5-11-30(24)36(33,34)22-15-20(27)14-21(28)16-22/h3-4,6-7,9-10,12,14-16,23-24H,2,5,8,11,13H2,1H3,(H,29,31)/t23-,24-/m0/s1. The molecule has 0 aliphatic carbocycles. The highest BCUT2D eigenvalue weighted by molar-refractivity contribution is 7.89. The van der Waals surface area contributed by atoms with Crippen molar-refractivity contribution in [2.24, 2.45) is 0 Å². The van der Waals surface area contributed by atoms with Gasteiger partial charge in [0.1, 0.15) is 12.1 Å².